The molecular weight excluding hydrogens is 214 g/mol. The van der Waals surface area contributed by atoms with Gasteiger partial charge in [-0.3, -0.25) is 9.59 Å². The molecule has 0 radical (unpaired) electrons. The molecule has 4 bridgehead atoms. The van der Waals surface area contributed by atoms with E-state index in [0.717, 1.165) is 0 Å². The average Bonchev–Trinajstić information content (AvgIpc) is 2.60. The van der Waals surface area contributed by atoms with E-state index in [4.69, 9.17) is 9.47 Å². The van der Waals surface area contributed by atoms with Crippen LogP contribution in [0.5, 0.6) is 0 Å². The van der Waals surface area contributed by atoms with Crippen molar-refractivity contribution in [3.8, 4) is 0 Å². The van der Waals surface area contributed by atoms with E-state index in [1.54, 1.807) is 0 Å². The summed E-state index contributed by atoms with van der Waals surface area (Å²) < 4.78 is 10.7. The van der Waals surface area contributed by atoms with E-state index in [-0.39, 0.29) is 17.8 Å². The zero-order valence-corrected chi connectivity index (χ0v) is 8.80. The minimum absolute atomic E-state index is 0.196. The van der Waals surface area contributed by atoms with Crippen molar-refractivity contribution in [2.45, 2.75) is 31.5 Å². The van der Waals surface area contributed by atoms with Gasteiger partial charge in [-0.1, -0.05) is 0 Å². The SMILES string of the molecule is CC(=O)C1C(=O)NC2(O)CC1C1COC2O1. The third-order valence-electron chi connectivity index (χ3n) is 3.61. The molecule has 3 aliphatic rings. The Bertz CT molecular complexity index is 370. The predicted octanol–water partition coefficient (Wildman–Crippen LogP) is -1.23. The zero-order valence-electron chi connectivity index (χ0n) is 8.80. The lowest BCUT2D eigenvalue weighted by atomic mass is 9.74. The highest BCUT2D eigenvalue weighted by Crippen LogP contribution is 2.44. The van der Waals surface area contributed by atoms with E-state index in [1.807, 2.05) is 0 Å². The molecule has 0 spiro atoms. The monoisotopic (exact) mass is 227 g/mol. The maximum absolute atomic E-state index is 11.8. The number of carbonyl (C=O) groups excluding carboxylic acids is 2. The van der Waals surface area contributed by atoms with Gasteiger partial charge in [-0.2, -0.15) is 0 Å². The summed E-state index contributed by atoms with van der Waals surface area (Å²) >= 11 is 0. The molecule has 0 aromatic heterocycles. The van der Waals surface area contributed by atoms with Crippen LogP contribution in [0, 0.1) is 11.8 Å². The number of hydrogen-bond donors (Lipinski definition) is 2. The number of carbonyl (C=O) groups is 2. The average molecular weight is 227 g/mol. The largest absolute Gasteiger partial charge is 0.366 e. The minimum Gasteiger partial charge on any atom is -0.366 e. The summed E-state index contributed by atoms with van der Waals surface area (Å²) in [5.41, 5.74) is -1.47. The molecule has 3 aliphatic heterocycles. The van der Waals surface area contributed by atoms with Crippen molar-refractivity contribution in [1.29, 1.82) is 0 Å². The Morgan fingerprint density at radius 2 is 2.38 bits per heavy atom. The van der Waals surface area contributed by atoms with E-state index in [9.17, 15) is 14.7 Å². The number of aliphatic hydroxyl groups is 1. The fourth-order valence-electron chi connectivity index (χ4n) is 2.90. The number of fused-ring (bicyclic) bond motifs is 6. The lowest BCUT2D eigenvalue weighted by Crippen LogP contribution is -2.68. The van der Waals surface area contributed by atoms with Crippen LogP contribution in [0.15, 0.2) is 0 Å². The quantitative estimate of drug-likeness (QED) is 0.548. The number of piperidine rings is 1. The van der Waals surface area contributed by atoms with Gasteiger partial charge in [0.05, 0.1) is 12.7 Å². The second-order valence-electron chi connectivity index (χ2n) is 4.71. The molecule has 6 nitrogen and oxygen atoms in total. The lowest BCUT2D eigenvalue weighted by Gasteiger charge is -2.46. The highest BCUT2D eigenvalue weighted by Gasteiger charge is 2.60. The van der Waals surface area contributed by atoms with Crippen molar-refractivity contribution in [2.75, 3.05) is 6.61 Å². The van der Waals surface area contributed by atoms with E-state index < -0.39 is 23.8 Å². The number of ketones is 1. The Kier molecular flexibility index (Phi) is 1.93. The highest BCUT2D eigenvalue weighted by atomic mass is 16.7. The topological polar surface area (TPSA) is 84.9 Å². The Balaban J connectivity index is 1.99. The van der Waals surface area contributed by atoms with Crippen LogP contribution in [0.2, 0.25) is 0 Å². The molecule has 6 heteroatoms. The summed E-state index contributed by atoms with van der Waals surface area (Å²) in [7, 11) is 0. The van der Waals surface area contributed by atoms with Crippen molar-refractivity contribution in [2.24, 2.45) is 11.8 Å². The molecule has 0 saturated carbocycles. The van der Waals surface area contributed by atoms with Gasteiger partial charge in [-0.15, -0.1) is 0 Å². The lowest BCUT2D eigenvalue weighted by molar-refractivity contribution is -0.251. The van der Waals surface area contributed by atoms with Gasteiger partial charge in [0, 0.05) is 12.3 Å². The normalized spacial score (nSPS) is 50.0. The highest BCUT2D eigenvalue weighted by molar-refractivity contribution is 6.01. The molecule has 2 N–H and O–H groups in total. The second-order valence-corrected chi connectivity index (χ2v) is 4.71. The van der Waals surface area contributed by atoms with Crippen molar-refractivity contribution in [1.82, 2.24) is 5.32 Å². The van der Waals surface area contributed by atoms with Gasteiger partial charge in [0.15, 0.2) is 5.72 Å². The first kappa shape index (κ1) is 10.2. The molecule has 3 fully saturated rings. The Labute approximate surface area is 91.9 Å². The molecule has 1 amide bonds. The number of Topliss-reactive ketones (excluding diaryl/α,β-unsaturated/α-hetero) is 1. The number of ether oxygens (including phenoxy) is 2. The Morgan fingerprint density at radius 3 is 3.06 bits per heavy atom. The molecule has 0 aromatic carbocycles. The first-order valence-electron chi connectivity index (χ1n) is 5.33. The van der Waals surface area contributed by atoms with Crippen LogP contribution in [0.3, 0.4) is 0 Å². The maximum atomic E-state index is 11.8. The van der Waals surface area contributed by atoms with E-state index >= 15 is 0 Å². The molecule has 0 aromatic rings. The van der Waals surface area contributed by atoms with Gasteiger partial charge >= 0.3 is 0 Å². The number of hydrogen-bond acceptors (Lipinski definition) is 5. The van der Waals surface area contributed by atoms with E-state index in [2.05, 4.69) is 5.32 Å². The number of amides is 1. The van der Waals surface area contributed by atoms with Crippen LogP contribution in [0.25, 0.3) is 0 Å². The summed E-state index contributed by atoms with van der Waals surface area (Å²) in [4.78, 5) is 23.2. The molecule has 88 valence electrons. The van der Waals surface area contributed by atoms with Gasteiger partial charge in [-0.05, 0) is 6.92 Å². The van der Waals surface area contributed by atoms with Crippen molar-refractivity contribution in [3.05, 3.63) is 0 Å². The Hall–Kier alpha value is -0.980. The minimum atomic E-state index is -1.47. The van der Waals surface area contributed by atoms with Crippen LogP contribution in [-0.4, -0.2) is 41.5 Å². The third-order valence-corrected chi connectivity index (χ3v) is 3.61. The van der Waals surface area contributed by atoms with Gasteiger partial charge < -0.3 is 19.9 Å². The van der Waals surface area contributed by atoms with Gasteiger partial charge in [0.2, 0.25) is 12.2 Å². The predicted molar refractivity (Wildman–Crippen MR) is 50.0 cm³/mol. The number of rotatable bonds is 1. The first-order valence-corrected chi connectivity index (χ1v) is 5.33. The van der Waals surface area contributed by atoms with Crippen LogP contribution >= 0.6 is 0 Å². The molecule has 5 unspecified atom stereocenters. The van der Waals surface area contributed by atoms with E-state index in [1.165, 1.54) is 6.92 Å². The fourth-order valence-corrected chi connectivity index (χ4v) is 2.90. The van der Waals surface area contributed by atoms with Crippen LogP contribution in [-0.2, 0) is 19.1 Å². The Morgan fingerprint density at radius 1 is 1.62 bits per heavy atom. The van der Waals surface area contributed by atoms with Crippen molar-refractivity contribution >= 4 is 11.7 Å². The molecule has 5 atom stereocenters. The third kappa shape index (κ3) is 1.17. The second kappa shape index (κ2) is 3.03. The fraction of sp³-hybridized carbons (Fsp3) is 0.800. The summed E-state index contributed by atoms with van der Waals surface area (Å²) in [6.45, 7) is 1.72. The maximum Gasteiger partial charge on any atom is 0.233 e. The van der Waals surface area contributed by atoms with Crippen molar-refractivity contribution in [3.63, 3.8) is 0 Å². The standard InChI is InChI=1S/C10H13NO5/c1-4(12)7-5-2-10(14,11-8(7)13)9-15-3-6(5)16-9/h5-7,9,14H,2-3H2,1H3,(H,11,13). The molecule has 3 saturated heterocycles. The molecule has 3 rings (SSSR count). The molecule has 3 heterocycles. The summed E-state index contributed by atoms with van der Waals surface area (Å²) in [5, 5.41) is 12.6. The summed E-state index contributed by atoms with van der Waals surface area (Å²) in [6, 6.07) is 0. The van der Waals surface area contributed by atoms with Crippen LogP contribution < -0.4 is 5.32 Å². The zero-order chi connectivity index (χ0) is 11.5. The van der Waals surface area contributed by atoms with Crippen molar-refractivity contribution < 1.29 is 24.2 Å². The summed E-state index contributed by atoms with van der Waals surface area (Å²) in [5.74, 6) is -1.63. The molecule has 16 heavy (non-hydrogen) atoms. The van der Waals surface area contributed by atoms with Crippen LogP contribution in [0.1, 0.15) is 13.3 Å². The van der Waals surface area contributed by atoms with Gasteiger partial charge in [0.25, 0.3) is 0 Å². The van der Waals surface area contributed by atoms with Gasteiger partial charge in [-0.25, -0.2) is 0 Å². The first-order chi connectivity index (χ1) is 7.51. The number of nitrogens with one attached hydrogen (secondary N) is 1. The van der Waals surface area contributed by atoms with E-state index in [0.29, 0.717) is 13.0 Å². The molecule has 0 aliphatic carbocycles. The van der Waals surface area contributed by atoms with Gasteiger partial charge in [0.1, 0.15) is 11.7 Å². The van der Waals surface area contributed by atoms with Crippen LogP contribution in [0.4, 0.5) is 0 Å². The molecular formula is C10H13NO5. The summed E-state index contributed by atoms with van der Waals surface area (Å²) in [6.07, 6.45) is -0.742. The smallest absolute Gasteiger partial charge is 0.233 e.